The molecule has 19 heavy (non-hydrogen) atoms. The minimum atomic E-state index is -1.74. The largest absolute Gasteiger partial charge is 0.332 e. The van der Waals surface area contributed by atoms with Crippen molar-refractivity contribution >= 4 is 28.7 Å². The summed E-state index contributed by atoms with van der Waals surface area (Å²) < 4.78 is 6.19. The molecular weight excluding hydrogens is 291 g/mol. The summed E-state index contributed by atoms with van der Waals surface area (Å²) in [5.41, 5.74) is 0.784. The molecule has 3 rings (SSSR count). The molecule has 1 aliphatic heterocycles. The van der Waals surface area contributed by atoms with E-state index in [4.69, 9.17) is 16.3 Å². The summed E-state index contributed by atoms with van der Waals surface area (Å²) in [4.78, 5) is 0. The lowest BCUT2D eigenvalue weighted by Gasteiger charge is -2.17. The molecule has 2 aromatic carbocycles. The Morgan fingerprint density at radius 2 is 1.47 bits per heavy atom. The highest BCUT2D eigenvalue weighted by Gasteiger charge is 2.39. The highest BCUT2D eigenvalue weighted by atomic mass is 32.9. The van der Waals surface area contributed by atoms with Crippen LogP contribution in [0.1, 0.15) is 22.5 Å². The van der Waals surface area contributed by atoms with Crippen LogP contribution in [0.5, 0.6) is 0 Å². The van der Waals surface area contributed by atoms with Gasteiger partial charge in [-0.05, 0) is 17.8 Å². The van der Waals surface area contributed by atoms with Crippen molar-refractivity contribution in [3.63, 3.8) is 0 Å². The van der Waals surface area contributed by atoms with Crippen molar-refractivity contribution in [3.05, 3.63) is 71.8 Å². The van der Waals surface area contributed by atoms with Gasteiger partial charge < -0.3 is 4.52 Å². The molecule has 0 N–H and O–H groups in total. The Labute approximate surface area is 123 Å². The summed E-state index contributed by atoms with van der Waals surface area (Å²) in [6.45, 7) is 2.08. The van der Waals surface area contributed by atoms with E-state index >= 15 is 0 Å². The van der Waals surface area contributed by atoms with Gasteiger partial charge in [-0.25, -0.2) is 0 Å². The Bertz CT molecular complexity index is 549. The highest BCUT2D eigenvalue weighted by Crippen LogP contribution is 2.74. The SMILES string of the molecule is CP1(=S)O[C@H](c2ccccc2)[C@H](c2ccccc2)S1. The summed E-state index contributed by atoms with van der Waals surface area (Å²) in [7, 11) is 0. The predicted molar refractivity (Wildman–Crippen MR) is 87.3 cm³/mol. The van der Waals surface area contributed by atoms with E-state index in [0.717, 1.165) is 0 Å². The standard InChI is InChI=1S/C15H15OPS2/c1-17(18)16-14(12-8-4-2-5-9-12)15(19-17)13-10-6-3-7-11-13/h2-11,14-15H,1H3/t14-,15+,17?/m1/s1. The van der Waals surface area contributed by atoms with Crippen LogP contribution in [0.15, 0.2) is 60.7 Å². The fourth-order valence-corrected chi connectivity index (χ4v) is 7.58. The third-order valence-electron chi connectivity index (χ3n) is 3.14. The Hall–Kier alpha value is -0.600. The van der Waals surface area contributed by atoms with Crippen LogP contribution in [0.3, 0.4) is 0 Å². The van der Waals surface area contributed by atoms with E-state index in [1.165, 1.54) is 11.1 Å². The lowest BCUT2D eigenvalue weighted by atomic mass is 10.0. The van der Waals surface area contributed by atoms with Gasteiger partial charge in [-0.2, -0.15) is 0 Å². The number of hydrogen-bond acceptors (Lipinski definition) is 3. The molecule has 0 spiro atoms. The number of rotatable bonds is 2. The van der Waals surface area contributed by atoms with E-state index in [-0.39, 0.29) is 6.10 Å². The molecule has 3 atom stereocenters. The van der Waals surface area contributed by atoms with Gasteiger partial charge in [0, 0.05) is 0 Å². The minimum absolute atomic E-state index is 0.0735. The van der Waals surface area contributed by atoms with Gasteiger partial charge >= 0.3 is 0 Å². The molecule has 1 aliphatic rings. The number of benzene rings is 2. The maximum absolute atomic E-state index is 6.19. The van der Waals surface area contributed by atoms with E-state index in [1.807, 2.05) is 23.5 Å². The van der Waals surface area contributed by atoms with Crippen LogP contribution in [-0.2, 0) is 16.3 Å². The van der Waals surface area contributed by atoms with E-state index in [2.05, 4.69) is 55.2 Å². The van der Waals surface area contributed by atoms with E-state index in [0.29, 0.717) is 5.25 Å². The quantitative estimate of drug-likeness (QED) is 0.708. The van der Waals surface area contributed by atoms with Crippen LogP contribution in [0.25, 0.3) is 0 Å². The molecule has 1 saturated heterocycles. The molecule has 0 amide bonds. The first-order chi connectivity index (χ1) is 9.16. The zero-order valence-corrected chi connectivity index (χ0v) is 13.1. The first-order valence-electron chi connectivity index (χ1n) is 6.20. The van der Waals surface area contributed by atoms with Crippen molar-refractivity contribution < 1.29 is 4.52 Å². The molecule has 0 bridgehead atoms. The highest BCUT2D eigenvalue weighted by molar-refractivity contribution is 8.69. The van der Waals surface area contributed by atoms with Crippen LogP contribution < -0.4 is 0 Å². The van der Waals surface area contributed by atoms with E-state index in [9.17, 15) is 0 Å². The molecule has 0 aromatic heterocycles. The van der Waals surface area contributed by atoms with Gasteiger partial charge in [0.1, 0.15) is 11.6 Å². The van der Waals surface area contributed by atoms with Crippen LogP contribution in [0.2, 0.25) is 0 Å². The average Bonchev–Trinajstić information content (AvgIpc) is 2.77. The monoisotopic (exact) mass is 306 g/mol. The normalized spacial score (nSPS) is 30.4. The Morgan fingerprint density at radius 3 is 2.05 bits per heavy atom. The second-order valence-electron chi connectivity index (χ2n) is 4.64. The molecule has 0 aliphatic carbocycles. The van der Waals surface area contributed by atoms with Crippen molar-refractivity contribution in [2.75, 3.05) is 6.66 Å². The predicted octanol–water partition coefficient (Wildman–Crippen LogP) is 5.17. The molecule has 4 heteroatoms. The molecule has 1 nitrogen and oxygen atoms in total. The molecule has 1 heterocycles. The molecule has 0 radical (unpaired) electrons. The third kappa shape index (κ3) is 2.95. The van der Waals surface area contributed by atoms with Gasteiger partial charge in [0.2, 0.25) is 0 Å². The van der Waals surface area contributed by atoms with Gasteiger partial charge in [-0.15, -0.1) is 0 Å². The molecule has 1 fully saturated rings. The molecule has 2 aromatic rings. The van der Waals surface area contributed by atoms with Crippen molar-refractivity contribution in [2.45, 2.75) is 11.4 Å². The summed E-state index contributed by atoms with van der Waals surface area (Å²) in [5.74, 6) is 0. The molecule has 1 unspecified atom stereocenters. The molecule has 0 saturated carbocycles. The van der Waals surface area contributed by atoms with Crippen molar-refractivity contribution in [2.24, 2.45) is 0 Å². The van der Waals surface area contributed by atoms with Gasteiger partial charge in [0.05, 0.1) is 5.25 Å². The first kappa shape index (κ1) is 13.4. The van der Waals surface area contributed by atoms with Crippen LogP contribution in [-0.4, -0.2) is 6.66 Å². The fraction of sp³-hybridized carbons (Fsp3) is 0.200. The minimum Gasteiger partial charge on any atom is -0.332 e. The second-order valence-corrected chi connectivity index (χ2v) is 12.6. The average molecular weight is 306 g/mol. The summed E-state index contributed by atoms with van der Waals surface area (Å²) in [6, 6.07) is 20.9. The van der Waals surface area contributed by atoms with Gasteiger partial charge in [0.15, 0.2) is 0 Å². The van der Waals surface area contributed by atoms with Gasteiger partial charge in [0.25, 0.3) is 0 Å². The topological polar surface area (TPSA) is 9.23 Å². The third-order valence-corrected chi connectivity index (χ3v) is 8.00. The summed E-state index contributed by atoms with van der Waals surface area (Å²) in [6.07, 6.45) is 0.0735. The Balaban J connectivity index is 2.00. The maximum atomic E-state index is 6.19. The summed E-state index contributed by atoms with van der Waals surface area (Å²) >= 11 is 7.44. The lowest BCUT2D eigenvalue weighted by molar-refractivity contribution is 0.243. The number of hydrogen-bond donors (Lipinski definition) is 0. The molecular formula is C15H15OPS2. The van der Waals surface area contributed by atoms with Crippen molar-refractivity contribution in [3.8, 4) is 0 Å². The first-order valence-corrected chi connectivity index (χ1v) is 10.9. The zero-order chi connectivity index (χ0) is 13.3. The van der Waals surface area contributed by atoms with E-state index < -0.39 is 5.47 Å². The lowest BCUT2D eigenvalue weighted by Crippen LogP contribution is -2.04. The maximum Gasteiger partial charge on any atom is 0.118 e. The van der Waals surface area contributed by atoms with Crippen LogP contribution in [0.4, 0.5) is 0 Å². The van der Waals surface area contributed by atoms with Crippen LogP contribution in [0, 0.1) is 0 Å². The van der Waals surface area contributed by atoms with Crippen molar-refractivity contribution in [1.82, 2.24) is 0 Å². The van der Waals surface area contributed by atoms with E-state index in [1.54, 1.807) is 0 Å². The van der Waals surface area contributed by atoms with Crippen LogP contribution >= 0.6 is 16.8 Å². The fourth-order valence-electron chi connectivity index (χ4n) is 2.30. The Kier molecular flexibility index (Phi) is 3.81. The van der Waals surface area contributed by atoms with Gasteiger partial charge in [-0.1, -0.05) is 83.9 Å². The smallest absolute Gasteiger partial charge is 0.118 e. The molecule has 98 valence electrons. The Morgan fingerprint density at radius 1 is 0.947 bits per heavy atom. The summed E-state index contributed by atoms with van der Waals surface area (Å²) in [5, 5.41) is 0.305. The zero-order valence-electron chi connectivity index (χ0n) is 10.6. The second kappa shape index (κ2) is 5.41. The van der Waals surface area contributed by atoms with Gasteiger partial charge in [-0.3, -0.25) is 0 Å². The van der Waals surface area contributed by atoms with Crippen molar-refractivity contribution in [1.29, 1.82) is 0 Å².